The van der Waals surface area contributed by atoms with Gasteiger partial charge in [-0.2, -0.15) is 0 Å². The van der Waals surface area contributed by atoms with E-state index in [9.17, 15) is 0 Å². The maximum absolute atomic E-state index is 5.59. The summed E-state index contributed by atoms with van der Waals surface area (Å²) in [5.41, 5.74) is 7.96. The number of pyridine rings is 1. The van der Waals surface area contributed by atoms with Crippen molar-refractivity contribution in [3.63, 3.8) is 0 Å². The molecule has 0 amide bonds. The Balaban J connectivity index is 1.99. The molecule has 0 bridgehead atoms. The molecule has 5 heteroatoms. The summed E-state index contributed by atoms with van der Waals surface area (Å²) in [6, 6.07) is 3.70. The average molecular weight is 204 g/mol. The van der Waals surface area contributed by atoms with Crippen LogP contribution in [0.25, 0.3) is 0 Å². The Morgan fingerprint density at radius 1 is 1.40 bits per heavy atom. The van der Waals surface area contributed by atoms with Gasteiger partial charge in [0.15, 0.2) is 5.76 Å². The van der Waals surface area contributed by atoms with Gasteiger partial charge in [-0.3, -0.25) is 4.98 Å². The van der Waals surface area contributed by atoms with Crippen molar-refractivity contribution in [3.8, 4) is 0 Å². The molecule has 0 aliphatic rings. The molecule has 0 saturated heterocycles. The molecule has 2 aromatic heterocycles. The van der Waals surface area contributed by atoms with Crippen LogP contribution in [0.4, 0.5) is 11.4 Å². The van der Waals surface area contributed by atoms with Crippen molar-refractivity contribution in [2.45, 2.75) is 13.5 Å². The van der Waals surface area contributed by atoms with Crippen molar-refractivity contribution in [2.75, 3.05) is 11.1 Å². The number of rotatable bonds is 3. The highest BCUT2D eigenvalue weighted by atomic mass is 16.5. The normalized spacial score (nSPS) is 10.2. The molecule has 0 aromatic carbocycles. The van der Waals surface area contributed by atoms with E-state index in [4.69, 9.17) is 10.3 Å². The zero-order chi connectivity index (χ0) is 10.7. The Labute approximate surface area is 87.3 Å². The SMILES string of the molecule is Cc1cc(CNc2cncc(N)c2)on1. The first-order valence-corrected chi connectivity index (χ1v) is 4.60. The van der Waals surface area contributed by atoms with Crippen LogP contribution in [0.1, 0.15) is 11.5 Å². The lowest BCUT2D eigenvalue weighted by molar-refractivity contribution is 0.384. The zero-order valence-electron chi connectivity index (χ0n) is 8.40. The number of anilines is 2. The summed E-state index contributed by atoms with van der Waals surface area (Å²) in [6.07, 6.45) is 3.31. The largest absolute Gasteiger partial charge is 0.397 e. The van der Waals surface area contributed by atoms with E-state index in [2.05, 4.69) is 15.5 Å². The molecule has 2 aromatic rings. The molecular weight excluding hydrogens is 192 g/mol. The predicted octanol–water partition coefficient (Wildman–Crippen LogP) is 1.57. The molecular formula is C10H12N4O. The standard InChI is InChI=1S/C10H12N4O/c1-7-2-10(15-14-7)6-13-9-3-8(11)4-12-5-9/h2-5,13H,6,11H2,1H3. The van der Waals surface area contributed by atoms with Crippen LogP contribution < -0.4 is 11.1 Å². The number of aryl methyl sites for hydroxylation is 1. The molecule has 2 rings (SSSR count). The molecule has 0 saturated carbocycles. The minimum Gasteiger partial charge on any atom is -0.397 e. The van der Waals surface area contributed by atoms with Crippen molar-refractivity contribution in [1.82, 2.24) is 10.1 Å². The molecule has 0 radical (unpaired) electrons. The summed E-state index contributed by atoms with van der Waals surface area (Å²) >= 11 is 0. The Morgan fingerprint density at radius 3 is 2.93 bits per heavy atom. The molecule has 0 spiro atoms. The third-order valence-electron chi connectivity index (χ3n) is 1.90. The Hall–Kier alpha value is -2.04. The molecule has 2 heterocycles. The van der Waals surface area contributed by atoms with Crippen LogP contribution in [0.5, 0.6) is 0 Å². The van der Waals surface area contributed by atoms with Crippen molar-refractivity contribution in [1.29, 1.82) is 0 Å². The average Bonchev–Trinajstić information content (AvgIpc) is 2.62. The molecule has 0 fully saturated rings. The van der Waals surface area contributed by atoms with Gasteiger partial charge in [-0.1, -0.05) is 5.16 Å². The quantitative estimate of drug-likeness (QED) is 0.793. The van der Waals surface area contributed by atoms with E-state index in [0.29, 0.717) is 12.2 Å². The zero-order valence-corrected chi connectivity index (χ0v) is 8.40. The fraction of sp³-hybridized carbons (Fsp3) is 0.200. The maximum Gasteiger partial charge on any atom is 0.156 e. The van der Waals surface area contributed by atoms with Gasteiger partial charge in [0.2, 0.25) is 0 Å². The van der Waals surface area contributed by atoms with Crippen molar-refractivity contribution < 1.29 is 4.52 Å². The molecule has 0 aliphatic heterocycles. The molecule has 78 valence electrons. The van der Waals surface area contributed by atoms with Crippen LogP contribution in [0, 0.1) is 6.92 Å². The molecule has 0 unspecified atom stereocenters. The van der Waals surface area contributed by atoms with Gasteiger partial charge in [0, 0.05) is 12.3 Å². The lowest BCUT2D eigenvalue weighted by Gasteiger charge is -2.03. The molecule has 3 N–H and O–H groups in total. The number of hydrogen-bond acceptors (Lipinski definition) is 5. The minimum absolute atomic E-state index is 0.575. The summed E-state index contributed by atoms with van der Waals surface area (Å²) in [7, 11) is 0. The molecule has 15 heavy (non-hydrogen) atoms. The van der Waals surface area contributed by atoms with E-state index in [1.165, 1.54) is 0 Å². The van der Waals surface area contributed by atoms with Crippen molar-refractivity contribution in [2.24, 2.45) is 0 Å². The van der Waals surface area contributed by atoms with Crippen molar-refractivity contribution >= 4 is 11.4 Å². The number of nitrogens with zero attached hydrogens (tertiary/aromatic N) is 2. The first-order chi connectivity index (χ1) is 7.24. The topological polar surface area (TPSA) is 77.0 Å². The lowest BCUT2D eigenvalue weighted by atomic mass is 10.3. The summed E-state index contributed by atoms with van der Waals surface area (Å²) in [4.78, 5) is 3.97. The lowest BCUT2D eigenvalue weighted by Crippen LogP contribution is -1.99. The third-order valence-corrected chi connectivity index (χ3v) is 1.90. The summed E-state index contributed by atoms with van der Waals surface area (Å²) in [5, 5.41) is 6.93. The second-order valence-electron chi connectivity index (χ2n) is 3.30. The van der Waals surface area contributed by atoms with Crippen LogP contribution in [0.3, 0.4) is 0 Å². The summed E-state index contributed by atoms with van der Waals surface area (Å²) in [5.74, 6) is 0.787. The number of nitrogen functional groups attached to an aromatic ring is 1. The van der Waals surface area contributed by atoms with E-state index in [1.54, 1.807) is 12.4 Å². The van der Waals surface area contributed by atoms with Gasteiger partial charge in [-0.25, -0.2) is 0 Å². The van der Waals surface area contributed by atoms with Crippen LogP contribution in [-0.4, -0.2) is 10.1 Å². The van der Waals surface area contributed by atoms with E-state index in [0.717, 1.165) is 17.1 Å². The third kappa shape index (κ3) is 2.46. The number of nitrogens with one attached hydrogen (secondary N) is 1. The first-order valence-electron chi connectivity index (χ1n) is 4.60. The maximum atomic E-state index is 5.59. The van der Waals surface area contributed by atoms with Gasteiger partial charge in [0.05, 0.1) is 29.8 Å². The predicted molar refractivity (Wildman–Crippen MR) is 57.2 cm³/mol. The van der Waals surface area contributed by atoms with Crippen LogP contribution >= 0.6 is 0 Å². The van der Waals surface area contributed by atoms with Crippen molar-refractivity contribution in [3.05, 3.63) is 36.0 Å². The monoisotopic (exact) mass is 204 g/mol. The molecule has 0 aliphatic carbocycles. The fourth-order valence-electron chi connectivity index (χ4n) is 1.24. The molecule has 5 nitrogen and oxygen atoms in total. The highest BCUT2D eigenvalue weighted by Crippen LogP contribution is 2.11. The second kappa shape index (κ2) is 4.00. The Bertz CT molecular complexity index is 452. The number of aromatic nitrogens is 2. The fourth-order valence-corrected chi connectivity index (χ4v) is 1.24. The van der Waals surface area contributed by atoms with Gasteiger partial charge < -0.3 is 15.6 Å². The van der Waals surface area contributed by atoms with Crippen LogP contribution in [0.2, 0.25) is 0 Å². The van der Waals surface area contributed by atoms with Crippen LogP contribution in [0.15, 0.2) is 29.0 Å². The van der Waals surface area contributed by atoms with E-state index in [1.807, 2.05) is 19.1 Å². The second-order valence-corrected chi connectivity index (χ2v) is 3.30. The molecule has 0 atom stereocenters. The Kier molecular flexibility index (Phi) is 2.53. The number of hydrogen-bond donors (Lipinski definition) is 2. The van der Waals surface area contributed by atoms with Gasteiger partial charge in [0.25, 0.3) is 0 Å². The minimum atomic E-state index is 0.575. The van der Waals surface area contributed by atoms with Crippen LogP contribution in [-0.2, 0) is 6.54 Å². The van der Waals surface area contributed by atoms with E-state index in [-0.39, 0.29) is 0 Å². The van der Waals surface area contributed by atoms with Gasteiger partial charge >= 0.3 is 0 Å². The summed E-state index contributed by atoms with van der Waals surface area (Å²) < 4.78 is 5.05. The first kappa shape index (κ1) is 9.51. The number of nitrogens with two attached hydrogens (primary N) is 1. The highest BCUT2D eigenvalue weighted by molar-refractivity contribution is 5.51. The van der Waals surface area contributed by atoms with Gasteiger partial charge in [-0.05, 0) is 13.0 Å². The van der Waals surface area contributed by atoms with Gasteiger partial charge in [0.1, 0.15) is 0 Å². The summed E-state index contributed by atoms with van der Waals surface area (Å²) in [6.45, 7) is 2.46. The van der Waals surface area contributed by atoms with Gasteiger partial charge in [-0.15, -0.1) is 0 Å². The Morgan fingerprint density at radius 2 is 2.27 bits per heavy atom. The smallest absolute Gasteiger partial charge is 0.156 e. The van der Waals surface area contributed by atoms with E-state index < -0.39 is 0 Å². The van der Waals surface area contributed by atoms with E-state index >= 15 is 0 Å². The highest BCUT2D eigenvalue weighted by Gasteiger charge is 2.00.